The minimum Gasteiger partial charge on any atom is -0.512 e. The van der Waals surface area contributed by atoms with Crippen LogP contribution in [-0.2, 0) is 24.9 Å². The molecule has 1 heterocycles. The Labute approximate surface area is 215 Å². The molecule has 0 aliphatic rings. The van der Waals surface area contributed by atoms with Crippen LogP contribution in [0.3, 0.4) is 0 Å². The van der Waals surface area contributed by atoms with Gasteiger partial charge in [0.2, 0.25) is 0 Å². The molecular formula is C29H31IrN2O2-. The number of nitrogens with zero attached hydrogens (tertiary/aromatic N) is 2. The number of carbonyl (C=O) groups is 1. The fourth-order valence-corrected chi connectivity index (χ4v) is 3.51. The van der Waals surface area contributed by atoms with Crippen molar-refractivity contribution >= 4 is 27.5 Å². The number of fused-ring (bicyclic) bond motifs is 2. The molecule has 0 atom stereocenters. The van der Waals surface area contributed by atoms with Gasteiger partial charge in [-0.3, -0.25) is 14.8 Å². The number of aliphatic hydroxyl groups excluding tert-OH is 1. The number of allylic oxidation sites excluding steroid dienone is 2. The summed E-state index contributed by atoms with van der Waals surface area (Å²) >= 11 is 0. The summed E-state index contributed by atoms with van der Waals surface area (Å²) in [5.74, 6) is 1.70. The van der Waals surface area contributed by atoms with E-state index in [1.54, 1.807) is 0 Å². The largest absolute Gasteiger partial charge is 0.512 e. The van der Waals surface area contributed by atoms with E-state index < -0.39 is 0 Å². The molecule has 0 bridgehead atoms. The normalized spacial score (nSPS) is 11.3. The average Bonchev–Trinajstić information content (AvgIpc) is 2.77. The third-order valence-corrected chi connectivity index (χ3v) is 4.95. The molecule has 0 saturated carbocycles. The van der Waals surface area contributed by atoms with E-state index in [4.69, 9.17) is 0 Å². The van der Waals surface area contributed by atoms with Crippen LogP contribution in [-0.4, -0.2) is 20.9 Å². The van der Waals surface area contributed by atoms with Crippen LogP contribution < -0.4 is 0 Å². The summed E-state index contributed by atoms with van der Waals surface area (Å²) in [5.41, 5.74) is 1.88. The van der Waals surface area contributed by atoms with Crippen LogP contribution in [0.25, 0.3) is 33.1 Å². The molecule has 0 aliphatic heterocycles. The Kier molecular flexibility index (Phi) is 10.6. The molecule has 1 radical (unpaired) electrons. The van der Waals surface area contributed by atoms with Crippen molar-refractivity contribution in [2.45, 2.75) is 40.5 Å². The van der Waals surface area contributed by atoms with E-state index in [0.29, 0.717) is 30.5 Å². The quantitative estimate of drug-likeness (QED) is 0.105. The summed E-state index contributed by atoms with van der Waals surface area (Å²) in [6.45, 7) is 8.00. The van der Waals surface area contributed by atoms with E-state index >= 15 is 0 Å². The van der Waals surface area contributed by atoms with Gasteiger partial charge in [-0.2, -0.15) is 0 Å². The van der Waals surface area contributed by atoms with Crippen molar-refractivity contribution in [3.8, 4) is 11.4 Å². The smallest absolute Gasteiger partial charge is 0.159 e. The second-order valence-electron chi connectivity index (χ2n) is 9.03. The minimum atomic E-state index is 0. The molecule has 179 valence electrons. The Balaban J connectivity index is 0.000000258. The van der Waals surface area contributed by atoms with E-state index in [9.17, 15) is 9.90 Å². The van der Waals surface area contributed by atoms with E-state index in [1.807, 2.05) is 70.3 Å². The Hall–Kier alpha value is -2.88. The van der Waals surface area contributed by atoms with E-state index in [-0.39, 0.29) is 31.6 Å². The maximum Gasteiger partial charge on any atom is 0.159 e. The molecule has 0 aliphatic carbocycles. The molecule has 4 rings (SSSR count). The SMILES string of the molecule is CC(C)CC(=O)/C=C(\O)CC(C)C.[Ir].[c-]1ccccc1-c1ncc2cc3ccccc3cc2n1. The maximum absolute atomic E-state index is 11.2. The zero-order valence-electron chi connectivity index (χ0n) is 20.1. The molecule has 5 heteroatoms. The van der Waals surface area contributed by atoms with Crippen molar-refractivity contribution in [1.29, 1.82) is 0 Å². The maximum atomic E-state index is 11.2. The summed E-state index contributed by atoms with van der Waals surface area (Å²) < 4.78 is 0. The van der Waals surface area contributed by atoms with Gasteiger partial charge < -0.3 is 5.11 Å². The van der Waals surface area contributed by atoms with Crippen LogP contribution in [0.15, 0.2) is 78.7 Å². The molecule has 0 fully saturated rings. The molecule has 0 amide bonds. The summed E-state index contributed by atoms with van der Waals surface area (Å²) in [6, 6.07) is 23.5. The number of rotatable bonds is 6. The zero-order chi connectivity index (χ0) is 23.8. The topological polar surface area (TPSA) is 63.1 Å². The van der Waals surface area contributed by atoms with Gasteiger partial charge in [-0.05, 0) is 34.7 Å². The predicted molar refractivity (Wildman–Crippen MR) is 136 cm³/mol. The number of ketones is 1. The number of benzene rings is 3. The Morgan fingerprint density at radius 3 is 2.21 bits per heavy atom. The molecule has 0 spiro atoms. The molecule has 0 saturated heterocycles. The molecule has 34 heavy (non-hydrogen) atoms. The van der Waals surface area contributed by atoms with Crippen molar-refractivity contribution in [2.75, 3.05) is 0 Å². The van der Waals surface area contributed by atoms with Crippen LogP contribution >= 0.6 is 0 Å². The van der Waals surface area contributed by atoms with Crippen molar-refractivity contribution in [3.05, 3.63) is 84.8 Å². The second-order valence-corrected chi connectivity index (χ2v) is 9.03. The first kappa shape index (κ1) is 27.4. The van der Waals surface area contributed by atoms with Gasteiger partial charge in [0.05, 0.1) is 17.1 Å². The number of carbonyl (C=O) groups excluding carboxylic acids is 1. The summed E-state index contributed by atoms with van der Waals surface area (Å²) in [5, 5.41) is 12.8. The molecule has 1 aromatic heterocycles. The Morgan fingerprint density at radius 2 is 1.59 bits per heavy atom. The van der Waals surface area contributed by atoms with Crippen LogP contribution in [0.1, 0.15) is 40.5 Å². The van der Waals surface area contributed by atoms with Gasteiger partial charge in [0.1, 0.15) is 0 Å². The first-order valence-corrected chi connectivity index (χ1v) is 11.4. The van der Waals surface area contributed by atoms with Gasteiger partial charge >= 0.3 is 0 Å². The van der Waals surface area contributed by atoms with Crippen molar-refractivity contribution in [3.63, 3.8) is 0 Å². The number of hydrogen-bond donors (Lipinski definition) is 1. The van der Waals surface area contributed by atoms with Crippen LogP contribution in [0.4, 0.5) is 0 Å². The van der Waals surface area contributed by atoms with E-state index in [1.165, 1.54) is 16.8 Å². The molecule has 4 nitrogen and oxygen atoms in total. The van der Waals surface area contributed by atoms with Gasteiger partial charge in [-0.1, -0.05) is 52.0 Å². The Morgan fingerprint density at radius 1 is 0.941 bits per heavy atom. The Bertz CT molecular complexity index is 1250. The van der Waals surface area contributed by atoms with Crippen LogP contribution in [0.2, 0.25) is 0 Å². The van der Waals surface area contributed by atoms with Crippen molar-refractivity contribution in [2.24, 2.45) is 11.8 Å². The first-order valence-electron chi connectivity index (χ1n) is 11.4. The van der Waals surface area contributed by atoms with Gasteiger partial charge in [-0.15, -0.1) is 35.9 Å². The summed E-state index contributed by atoms with van der Waals surface area (Å²) in [4.78, 5) is 20.3. The van der Waals surface area contributed by atoms with Gasteiger partial charge in [0.25, 0.3) is 0 Å². The predicted octanol–water partition coefficient (Wildman–Crippen LogP) is 7.34. The second kappa shape index (κ2) is 13.1. The number of aromatic nitrogens is 2. The third-order valence-electron chi connectivity index (χ3n) is 4.95. The molecule has 1 N–H and O–H groups in total. The third kappa shape index (κ3) is 8.16. The van der Waals surface area contributed by atoms with Crippen molar-refractivity contribution < 1.29 is 30.0 Å². The number of aliphatic hydroxyl groups is 1. The fourth-order valence-electron chi connectivity index (χ4n) is 3.51. The van der Waals surface area contributed by atoms with E-state index in [2.05, 4.69) is 40.3 Å². The monoisotopic (exact) mass is 632 g/mol. The van der Waals surface area contributed by atoms with Crippen molar-refractivity contribution in [1.82, 2.24) is 9.97 Å². The van der Waals surface area contributed by atoms with Gasteiger partial charge in [-0.25, -0.2) is 0 Å². The van der Waals surface area contributed by atoms with Crippen LogP contribution in [0, 0.1) is 17.9 Å². The fraction of sp³-hybridized carbons (Fsp3) is 0.276. The number of hydrogen-bond acceptors (Lipinski definition) is 4. The molecule has 4 aromatic rings. The van der Waals surface area contributed by atoms with E-state index in [0.717, 1.165) is 16.5 Å². The standard InChI is InChI=1S/C18H11N2.C11H20O2.Ir/c1-2-6-13(7-3-1)18-19-12-16-10-14-8-4-5-9-15(14)11-17(16)20-18;1-8(2)5-10(12)7-11(13)6-9(3)4;/h1-6,8-12H;7-9,12H,5-6H2,1-4H3;/q-1;;/b;10-7-;. The summed E-state index contributed by atoms with van der Waals surface area (Å²) in [7, 11) is 0. The summed E-state index contributed by atoms with van der Waals surface area (Å²) in [6.07, 6.45) is 4.34. The van der Waals surface area contributed by atoms with Gasteiger partial charge in [0.15, 0.2) is 5.78 Å². The molecule has 3 aromatic carbocycles. The molecule has 0 unspecified atom stereocenters. The van der Waals surface area contributed by atoms with Crippen LogP contribution in [0.5, 0.6) is 0 Å². The first-order chi connectivity index (χ1) is 15.8. The minimum absolute atomic E-state index is 0. The van der Waals surface area contributed by atoms with Gasteiger partial charge in [0, 0.05) is 50.6 Å². The average molecular weight is 632 g/mol. The molecular weight excluding hydrogens is 601 g/mol. The zero-order valence-corrected chi connectivity index (χ0v) is 22.5.